The van der Waals surface area contributed by atoms with E-state index in [0.29, 0.717) is 6.04 Å². The zero-order chi connectivity index (χ0) is 14.7. The fourth-order valence-corrected chi connectivity index (χ4v) is 1.89. The highest BCUT2D eigenvalue weighted by Crippen LogP contribution is 2.26. The summed E-state index contributed by atoms with van der Waals surface area (Å²) in [6, 6.07) is 8.99. The lowest BCUT2D eigenvalue weighted by atomic mass is 9.84. The van der Waals surface area contributed by atoms with Gasteiger partial charge in [-0.05, 0) is 38.5 Å². The van der Waals surface area contributed by atoms with E-state index < -0.39 is 0 Å². The quantitative estimate of drug-likeness (QED) is 0.862. The SMILES string of the molecule is CC(C)NCC(C)(C)c1ccc(OC(C)(C)C)cc1. The van der Waals surface area contributed by atoms with Crippen LogP contribution in [0, 0.1) is 0 Å². The van der Waals surface area contributed by atoms with Crippen molar-refractivity contribution >= 4 is 0 Å². The van der Waals surface area contributed by atoms with Crippen LogP contribution in [0.1, 0.15) is 54.0 Å². The van der Waals surface area contributed by atoms with Gasteiger partial charge in [0.25, 0.3) is 0 Å². The topological polar surface area (TPSA) is 21.3 Å². The standard InChI is InChI=1S/C17H29NO/c1-13(2)18-12-17(6,7)14-8-10-15(11-9-14)19-16(3,4)5/h8-11,13,18H,12H2,1-7H3. The number of nitrogens with one attached hydrogen (secondary N) is 1. The Morgan fingerprint density at radius 3 is 1.95 bits per heavy atom. The van der Waals surface area contributed by atoms with Crippen LogP contribution in [0.3, 0.4) is 0 Å². The van der Waals surface area contributed by atoms with Gasteiger partial charge in [0.15, 0.2) is 0 Å². The molecule has 0 unspecified atom stereocenters. The summed E-state index contributed by atoms with van der Waals surface area (Å²) in [6.45, 7) is 16.1. The molecule has 0 aliphatic carbocycles. The van der Waals surface area contributed by atoms with Crippen LogP contribution in [0.2, 0.25) is 0 Å². The van der Waals surface area contributed by atoms with Crippen molar-refractivity contribution in [3.63, 3.8) is 0 Å². The Bertz CT molecular complexity index is 385. The summed E-state index contributed by atoms with van der Waals surface area (Å²) in [7, 11) is 0. The largest absolute Gasteiger partial charge is 0.488 e. The molecule has 0 saturated heterocycles. The minimum Gasteiger partial charge on any atom is -0.488 e. The van der Waals surface area contributed by atoms with Gasteiger partial charge >= 0.3 is 0 Å². The minimum absolute atomic E-state index is 0.129. The summed E-state index contributed by atoms with van der Waals surface area (Å²) in [6.07, 6.45) is 0. The average molecular weight is 263 g/mol. The first-order valence-corrected chi connectivity index (χ1v) is 7.13. The highest BCUT2D eigenvalue weighted by Gasteiger charge is 2.21. The molecule has 0 fully saturated rings. The van der Waals surface area contributed by atoms with E-state index in [1.54, 1.807) is 0 Å². The molecule has 0 heterocycles. The lowest BCUT2D eigenvalue weighted by molar-refractivity contribution is 0.131. The van der Waals surface area contributed by atoms with Crippen molar-refractivity contribution in [1.29, 1.82) is 0 Å². The van der Waals surface area contributed by atoms with E-state index in [0.717, 1.165) is 12.3 Å². The van der Waals surface area contributed by atoms with Crippen LogP contribution >= 0.6 is 0 Å². The first kappa shape index (κ1) is 16.0. The third kappa shape index (κ3) is 5.65. The van der Waals surface area contributed by atoms with Crippen LogP contribution < -0.4 is 10.1 Å². The third-order valence-electron chi connectivity index (χ3n) is 3.01. The molecule has 1 N–H and O–H groups in total. The predicted octanol–water partition coefficient (Wildman–Crippen LogP) is 4.14. The van der Waals surface area contributed by atoms with Gasteiger partial charge in [-0.1, -0.05) is 39.8 Å². The molecule has 0 atom stereocenters. The fourth-order valence-electron chi connectivity index (χ4n) is 1.89. The van der Waals surface area contributed by atoms with E-state index in [2.05, 4.69) is 78.0 Å². The summed E-state index contributed by atoms with van der Waals surface area (Å²) in [5, 5.41) is 3.51. The monoisotopic (exact) mass is 263 g/mol. The molecule has 0 aromatic heterocycles. The van der Waals surface area contributed by atoms with Crippen molar-refractivity contribution < 1.29 is 4.74 Å². The van der Waals surface area contributed by atoms with Gasteiger partial charge in [0.2, 0.25) is 0 Å². The molecule has 19 heavy (non-hydrogen) atoms. The van der Waals surface area contributed by atoms with E-state index in [1.807, 2.05) is 0 Å². The molecule has 2 heteroatoms. The Hall–Kier alpha value is -1.02. The Kier molecular flexibility index (Phi) is 5.03. The predicted molar refractivity (Wildman–Crippen MR) is 83.0 cm³/mol. The Morgan fingerprint density at radius 2 is 1.53 bits per heavy atom. The molecular formula is C17H29NO. The van der Waals surface area contributed by atoms with Crippen LogP contribution in [0.15, 0.2) is 24.3 Å². The molecule has 0 spiro atoms. The summed E-state index contributed by atoms with van der Waals surface area (Å²) in [4.78, 5) is 0. The molecule has 1 rings (SSSR count). The molecule has 1 aromatic carbocycles. The van der Waals surface area contributed by atoms with Crippen LogP contribution in [0.4, 0.5) is 0 Å². The van der Waals surface area contributed by atoms with E-state index in [1.165, 1.54) is 5.56 Å². The van der Waals surface area contributed by atoms with Crippen molar-refractivity contribution in [2.24, 2.45) is 0 Å². The molecule has 2 nitrogen and oxygen atoms in total. The molecule has 0 radical (unpaired) electrons. The van der Waals surface area contributed by atoms with Gasteiger partial charge in [-0.2, -0.15) is 0 Å². The Morgan fingerprint density at radius 1 is 1.00 bits per heavy atom. The number of hydrogen-bond acceptors (Lipinski definition) is 2. The molecule has 108 valence electrons. The molecule has 0 bridgehead atoms. The van der Waals surface area contributed by atoms with Crippen LogP contribution in [-0.2, 0) is 5.41 Å². The van der Waals surface area contributed by atoms with E-state index >= 15 is 0 Å². The normalized spacial score (nSPS) is 12.8. The summed E-state index contributed by atoms with van der Waals surface area (Å²) in [5.41, 5.74) is 1.32. The summed E-state index contributed by atoms with van der Waals surface area (Å²) in [5.74, 6) is 0.934. The molecule has 0 saturated carbocycles. The van der Waals surface area contributed by atoms with Crippen LogP contribution in [-0.4, -0.2) is 18.2 Å². The van der Waals surface area contributed by atoms with Crippen molar-refractivity contribution in [3.05, 3.63) is 29.8 Å². The summed E-state index contributed by atoms with van der Waals surface area (Å²) >= 11 is 0. The van der Waals surface area contributed by atoms with Gasteiger partial charge < -0.3 is 10.1 Å². The van der Waals surface area contributed by atoms with E-state index in [4.69, 9.17) is 4.74 Å². The van der Waals surface area contributed by atoms with Crippen molar-refractivity contribution in [1.82, 2.24) is 5.32 Å². The second kappa shape index (κ2) is 5.96. The van der Waals surface area contributed by atoms with Crippen molar-refractivity contribution in [3.8, 4) is 5.75 Å². The molecular weight excluding hydrogens is 234 g/mol. The fraction of sp³-hybridized carbons (Fsp3) is 0.647. The van der Waals surface area contributed by atoms with E-state index in [-0.39, 0.29) is 11.0 Å². The number of ether oxygens (including phenoxy) is 1. The molecule has 0 aliphatic heterocycles. The van der Waals surface area contributed by atoms with Crippen molar-refractivity contribution in [2.45, 2.75) is 65.5 Å². The van der Waals surface area contributed by atoms with Crippen LogP contribution in [0.5, 0.6) is 5.75 Å². The number of hydrogen-bond donors (Lipinski definition) is 1. The first-order chi connectivity index (χ1) is 8.60. The van der Waals surface area contributed by atoms with E-state index in [9.17, 15) is 0 Å². The van der Waals surface area contributed by atoms with Gasteiger partial charge in [0.05, 0.1) is 0 Å². The molecule has 0 amide bonds. The zero-order valence-corrected chi connectivity index (χ0v) is 13.5. The van der Waals surface area contributed by atoms with Gasteiger partial charge in [-0.3, -0.25) is 0 Å². The highest BCUT2D eigenvalue weighted by molar-refractivity contribution is 5.32. The van der Waals surface area contributed by atoms with Crippen LogP contribution in [0.25, 0.3) is 0 Å². The van der Waals surface area contributed by atoms with Gasteiger partial charge in [0.1, 0.15) is 11.4 Å². The maximum Gasteiger partial charge on any atom is 0.120 e. The second-order valence-electron chi connectivity index (χ2n) is 7.16. The molecule has 1 aromatic rings. The van der Waals surface area contributed by atoms with Gasteiger partial charge in [0, 0.05) is 18.0 Å². The highest BCUT2D eigenvalue weighted by atomic mass is 16.5. The smallest absolute Gasteiger partial charge is 0.120 e. The second-order valence-corrected chi connectivity index (χ2v) is 7.16. The summed E-state index contributed by atoms with van der Waals surface area (Å²) < 4.78 is 5.85. The van der Waals surface area contributed by atoms with Gasteiger partial charge in [-0.25, -0.2) is 0 Å². The Labute approximate surface area is 118 Å². The third-order valence-corrected chi connectivity index (χ3v) is 3.01. The lowest BCUT2D eigenvalue weighted by Gasteiger charge is -2.28. The Balaban J connectivity index is 2.74. The maximum atomic E-state index is 5.85. The zero-order valence-electron chi connectivity index (χ0n) is 13.5. The maximum absolute atomic E-state index is 5.85. The van der Waals surface area contributed by atoms with Gasteiger partial charge in [-0.15, -0.1) is 0 Å². The van der Waals surface area contributed by atoms with Crippen molar-refractivity contribution in [2.75, 3.05) is 6.54 Å². The number of benzene rings is 1. The minimum atomic E-state index is -0.143. The average Bonchev–Trinajstić information content (AvgIpc) is 2.25. The molecule has 0 aliphatic rings. The first-order valence-electron chi connectivity index (χ1n) is 7.13. The lowest BCUT2D eigenvalue weighted by Crippen LogP contribution is -2.36. The number of rotatable bonds is 5.